The average molecular weight is 465 g/mol. The number of hydrogen-bond acceptors (Lipinski definition) is 6. The summed E-state index contributed by atoms with van der Waals surface area (Å²) in [6.07, 6.45) is 1.86. The molecule has 1 unspecified atom stereocenters. The number of nitrogens with one attached hydrogen (secondary N) is 3. The van der Waals surface area contributed by atoms with Gasteiger partial charge in [-0.3, -0.25) is 10.2 Å². The van der Waals surface area contributed by atoms with E-state index in [4.69, 9.17) is 14.2 Å². The minimum atomic E-state index is -0.541. The van der Waals surface area contributed by atoms with Crippen molar-refractivity contribution in [1.29, 1.82) is 0 Å². The average Bonchev–Trinajstić information content (AvgIpc) is 3.56. The molecule has 34 heavy (non-hydrogen) atoms. The van der Waals surface area contributed by atoms with Crippen LogP contribution < -0.4 is 19.5 Å². The van der Waals surface area contributed by atoms with Crippen molar-refractivity contribution in [3.63, 3.8) is 0 Å². The Bertz CT molecular complexity index is 1210. The molecule has 3 aliphatic rings. The Morgan fingerprint density at radius 1 is 1.06 bits per heavy atom. The maximum atomic E-state index is 10.5. The molecular formula is C26H32N4O4. The van der Waals surface area contributed by atoms with Crippen molar-refractivity contribution < 1.29 is 19.3 Å². The molecule has 4 N–H and O–H groups in total. The molecule has 1 aliphatic carbocycles. The molecule has 0 amide bonds. The van der Waals surface area contributed by atoms with E-state index in [-0.39, 0.29) is 6.61 Å². The number of benzene rings is 2. The van der Waals surface area contributed by atoms with Gasteiger partial charge in [0.2, 0.25) is 0 Å². The molecule has 2 aromatic rings. The molecule has 8 heteroatoms. The van der Waals surface area contributed by atoms with E-state index < -0.39 is 6.10 Å². The van der Waals surface area contributed by atoms with E-state index >= 15 is 0 Å². The summed E-state index contributed by atoms with van der Waals surface area (Å²) in [4.78, 5) is 2.28. The number of nitrogens with zero attached hydrogens (tertiary/aromatic N) is 1. The number of aliphatic hydroxyl groups is 1. The van der Waals surface area contributed by atoms with Crippen LogP contribution in [-0.2, 0) is 0 Å². The molecule has 0 saturated carbocycles. The zero-order chi connectivity index (χ0) is 23.5. The highest BCUT2D eigenvalue weighted by Gasteiger charge is 2.21. The number of likely N-dealkylation sites (tertiary alicyclic amines) is 1. The lowest BCUT2D eigenvalue weighted by molar-refractivity contribution is 0.0745. The maximum absolute atomic E-state index is 10.5. The molecule has 1 saturated heterocycles. The number of β-amino-alcohol motifs (C(OH)–C–C–N with tert-alkyl or cyclic N) is 1. The first-order valence-electron chi connectivity index (χ1n) is 11.9. The molecule has 0 bridgehead atoms. The molecule has 2 aliphatic heterocycles. The van der Waals surface area contributed by atoms with Gasteiger partial charge in [0, 0.05) is 29.2 Å². The van der Waals surface area contributed by atoms with E-state index in [1.807, 2.05) is 43.3 Å². The minimum Gasteiger partial charge on any atom is -0.497 e. The van der Waals surface area contributed by atoms with Crippen LogP contribution in [0, 0.1) is 0 Å². The third kappa shape index (κ3) is 4.64. The predicted octanol–water partition coefficient (Wildman–Crippen LogP) is 4.59. The molecule has 8 nitrogen and oxygen atoms in total. The van der Waals surface area contributed by atoms with Gasteiger partial charge in [-0.25, -0.2) is 0 Å². The largest absolute Gasteiger partial charge is 0.497 e. The van der Waals surface area contributed by atoms with Gasteiger partial charge in [-0.2, -0.15) is 0 Å². The van der Waals surface area contributed by atoms with Crippen LogP contribution in [0.15, 0.2) is 42.5 Å². The van der Waals surface area contributed by atoms with Crippen LogP contribution in [-0.4, -0.2) is 66.3 Å². The third-order valence-electron chi connectivity index (χ3n) is 6.27. The van der Waals surface area contributed by atoms with Crippen LogP contribution >= 0.6 is 0 Å². The Kier molecular flexibility index (Phi) is 6.51. The monoisotopic (exact) mass is 464 g/mol. The molecule has 2 aromatic carbocycles. The Balaban J connectivity index is 1.38. The van der Waals surface area contributed by atoms with Gasteiger partial charge in [-0.1, -0.05) is 6.07 Å². The Hall–Kier alpha value is -3.36. The predicted molar refractivity (Wildman–Crippen MR) is 134 cm³/mol. The highest BCUT2D eigenvalue weighted by atomic mass is 16.5. The van der Waals surface area contributed by atoms with Crippen LogP contribution in [0.1, 0.15) is 19.8 Å². The van der Waals surface area contributed by atoms with E-state index in [1.54, 1.807) is 7.11 Å². The van der Waals surface area contributed by atoms with Crippen molar-refractivity contribution in [2.75, 3.05) is 45.3 Å². The van der Waals surface area contributed by atoms with Crippen molar-refractivity contribution in [3.8, 4) is 28.5 Å². The smallest absolute Gasteiger partial charge is 0.162 e. The summed E-state index contributed by atoms with van der Waals surface area (Å²) in [5, 5.41) is 22.5. The van der Waals surface area contributed by atoms with Crippen LogP contribution in [0.4, 0.5) is 11.5 Å². The number of methoxy groups -OCH3 is 1. The highest BCUT2D eigenvalue weighted by molar-refractivity contribution is 6.05. The molecule has 1 atom stereocenters. The summed E-state index contributed by atoms with van der Waals surface area (Å²) in [7, 11) is 1.66. The van der Waals surface area contributed by atoms with E-state index in [0.717, 1.165) is 52.4 Å². The fraction of sp³-hybridized carbons (Fsp3) is 0.385. The van der Waals surface area contributed by atoms with E-state index in [1.165, 1.54) is 12.8 Å². The molecule has 0 aromatic heterocycles. The van der Waals surface area contributed by atoms with Gasteiger partial charge in [-0.15, -0.1) is 0 Å². The van der Waals surface area contributed by atoms with Crippen molar-refractivity contribution in [1.82, 2.24) is 15.1 Å². The summed E-state index contributed by atoms with van der Waals surface area (Å²) in [6, 6.07) is 13.9. The van der Waals surface area contributed by atoms with Crippen LogP contribution in [0.2, 0.25) is 0 Å². The summed E-state index contributed by atoms with van der Waals surface area (Å²) in [5.41, 5.74) is 2.94. The Morgan fingerprint density at radius 2 is 1.88 bits per heavy atom. The van der Waals surface area contributed by atoms with E-state index in [0.29, 0.717) is 24.7 Å². The quantitative estimate of drug-likeness (QED) is 0.274. The maximum Gasteiger partial charge on any atom is 0.162 e. The molecule has 180 valence electrons. The Labute approximate surface area is 199 Å². The van der Waals surface area contributed by atoms with Crippen molar-refractivity contribution in [3.05, 3.63) is 42.5 Å². The molecule has 0 spiro atoms. The van der Waals surface area contributed by atoms with E-state index in [9.17, 15) is 5.11 Å². The Morgan fingerprint density at radius 3 is 2.68 bits per heavy atom. The minimum absolute atomic E-state index is 0.228. The molecule has 0 radical (unpaired) electrons. The second-order valence-corrected chi connectivity index (χ2v) is 8.71. The highest BCUT2D eigenvalue weighted by Crippen LogP contribution is 2.43. The fourth-order valence-corrected chi connectivity index (χ4v) is 4.64. The second kappa shape index (κ2) is 9.87. The normalized spacial score (nSPS) is 15.1. The number of hydrogen-bond donors (Lipinski definition) is 4. The topological polar surface area (TPSA) is 94.8 Å². The summed E-state index contributed by atoms with van der Waals surface area (Å²) in [5.74, 6) is 2.97. The lowest BCUT2D eigenvalue weighted by Crippen LogP contribution is -2.33. The number of ether oxygens (including phenoxy) is 3. The first-order chi connectivity index (χ1) is 16.6. The van der Waals surface area contributed by atoms with Gasteiger partial charge in [0.1, 0.15) is 24.3 Å². The number of aliphatic hydroxyl groups excluding tert-OH is 1. The summed E-state index contributed by atoms with van der Waals surface area (Å²) in [6.45, 7) is 5.45. The standard InChI is InChI=1S/C26H32N4O4/c1-3-33-23-12-17-11-22-25(28-29-26(22)27-18-7-6-8-20(13-18)32-2)21(17)14-24(23)34-16-19(31)15-30-9-4-5-10-30/h6-8,11-14,19,27-29,31H,3-5,9-10,15-16H2,1-2H3. The van der Waals surface area contributed by atoms with Gasteiger partial charge in [0.15, 0.2) is 11.5 Å². The van der Waals surface area contributed by atoms with Crippen LogP contribution in [0.3, 0.4) is 0 Å². The number of aromatic amines is 2. The van der Waals surface area contributed by atoms with Gasteiger partial charge >= 0.3 is 0 Å². The first-order valence-corrected chi connectivity index (χ1v) is 11.9. The zero-order valence-corrected chi connectivity index (χ0v) is 19.7. The third-order valence-corrected chi connectivity index (χ3v) is 6.27. The lowest BCUT2D eigenvalue weighted by Gasteiger charge is -2.20. The van der Waals surface area contributed by atoms with Crippen molar-refractivity contribution in [2.24, 2.45) is 0 Å². The van der Waals surface area contributed by atoms with Gasteiger partial charge in [-0.05, 0) is 68.6 Å². The van der Waals surface area contributed by atoms with Crippen LogP contribution in [0.5, 0.6) is 17.2 Å². The van der Waals surface area contributed by atoms with Gasteiger partial charge in [0.05, 0.1) is 19.4 Å². The number of H-pyrrole nitrogens is 2. The number of fused-ring (bicyclic) bond motifs is 3. The lowest BCUT2D eigenvalue weighted by atomic mass is 10.2. The van der Waals surface area contributed by atoms with Gasteiger partial charge < -0.3 is 29.5 Å². The van der Waals surface area contributed by atoms with Crippen molar-refractivity contribution in [2.45, 2.75) is 25.9 Å². The van der Waals surface area contributed by atoms with Gasteiger partial charge in [0.25, 0.3) is 0 Å². The number of anilines is 2. The molecule has 5 rings (SSSR count). The van der Waals surface area contributed by atoms with Crippen molar-refractivity contribution >= 4 is 22.3 Å². The first kappa shape index (κ1) is 22.4. The number of rotatable bonds is 10. The van der Waals surface area contributed by atoms with E-state index in [2.05, 4.69) is 26.5 Å². The molecular weight excluding hydrogens is 432 g/mol. The second-order valence-electron chi connectivity index (χ2n) is 8.71. The fourth-order valence-electron chi connectivity index (χ4n) is 4.64. The zero-order valence-electron chi connectivity index (χ0n) is 19.7. The molecule has 1 fully saturated rings. The number of aromatic nitrogens is 2. The summed E-state index contributed by atoms with van der Waals surface area (Å²) >= 11 is 0. The molecule has 2 heterocycles. The van der Waals surface area contributed by atoms with Crippen LogP contribution in [0.25, 0.3) is 22.0 Å². The summed E-state index contributed by atoms with van der Waals surface area (Å²) < 4.78 is 17.3. The SMILES string of the molecule is CCOc1cc2cc3c(Nc4cccc(OC)c4)[nH][nH]c-3c2cc1OCC(O)CN1CCCC1.